The minimum atomic E-state index is -0.797. The number of hydrogen-bond donors (Lipinski definition) is 2. The number of ether oxygens (including phenoxy) is 2. The Labute approximate surface area is 158 Å². The number of aryl methyl sites for hydroxylation is 1. The number of benzene rings is 1. The third-order valence-corrected chi connectivity index (χ3v) is 4.19. The molecule has 0 atom stereocenters. The number of carbonyl (C=O) groups excluding carboxylic acids is 2. The van der Waals surface area contributed by atoms with E-state index in [0.717, 1.165) is 0 Å². The second-order valence-electron chi connectivity index (χ2n) is 5.91. The van der Waals surface area contributed by atoms with Gasteiger partial charge >= 0.3 is 23.1 Å². The molecule has 1 aliphatic rings. The molecule has 1 aliphatic heterocycles. The van der Waals surface area contributed by atoms with E-state index >= 15 is 0 Å². The molecule has 3 rings (SSSR count). The van der Waals surface area contributed by atoms with Gasteiger partial charge in [-0.15, -0.1) is 0 Å². The van der Waals surface area contributed by atoms with Crippen molar-refractivity contribution in [2.45, 2.75) is 6.92 Å². The summed E-state index contributed by atoms with van der Waals surface area (Å²) in [6.07, 6.45) is 6.25. The topological polar surface area (TPSA) is 122 Å². The fraction of sp³-hybridized carbons (Fsp3) is 0.158. The largest absolute Gasteiger partial charge is 0.465 e. The predicted octanol–water partition coefficient (Wildman–Crippen LogP) is 1.01. The molecule has 0 aliphatic carbocycles. The molecule has 2 heterocycles. The zero-order valence-electron chi connectivity index (χ0n) is 15.4. The summed E-state index contributed by atoms with van der Waals surface area (Å²) in [6, 6.07) is 3.25. The van der Waals surface area contributed by atoms with Crippen LogP contribution in [0.5, 0.6) is 0 Å². The number of methoxy groups -OCH3 is 2. The van der Waals surface area contributed by atoms with Crippen molar-refractivity contribution in [1.29, 1.82) is 0 Å². The molecule has 0 fully saturated rings. The van der Waals surface area contributed by atoms with Crippen LogP contribution in [-0.2, 0) is 19.1 Å². The summed E-state index contributed by atoms with van der Waals surface area (Å²) in [7, 11) is 2.42. The average Bonchev–Trinajstić information content (AvgIpc) is 2.90. The number of esters is 2. The minimum absolute atomic E-state index is 0.00816. The van der Waals surface area contributed by atoms with Crippen molar-refractivity contribution in [3.8, 4) is 0 Å². The van der Waals surface area contributed by atoms with E-state index < -0.39 is 23.1 Å². The Morgan fingerprint density at radius 2 is 1.54 bits per heavy atom. The predicted molar refractivity (Wildman–Crippen MR) is 102 cm³/mol. The van der Waals surface area contributed by atoms with Crippen LogP contribution in [0.3, 0.4) is 0 Å². The van der Waals surface area contributed by atoms with Crippen LogP contribution in [0.25, 0.3) is 11.0 Å². The number of anilines is 1. The summed E-state index contributed by atoms with van der Waals surface area (Å²) in [5, 5.41) is 0. The minimum Gasteiger partial charge on any atom is -0.465 e. The maximum Gasteiger partial charge on any atom is 0.355 e. The Morgan fingerprint density at radius 1 is 0.929 bits per heavy atom. The number of rotatable bonds is 3. The van der Waals surface area contributed by atoms with E-state index in [4.69, 9.17) is 9.47 Å². The molecule has 9 nitrogen and oxygen atoms in total. The molecule has 1 aromatic heterocycles. The first-order valence-corrected chi connectivity index (χ1v) is 8.19. The Kier molecular flexibility index (Phi) is 4.99. The van der Waals surface area contributed by atoms with Crippen LogP contribution < -0.4 is 16.0 Å². The maximum atomic E-state index is 12.5. The van der Waals surface area contributed by atoms with E-state index in [1.807, 2.05) is 0 Å². The molecule has 2 N–H and O–H groups in total. The van der Waals surface area contributed by atoms with E-state index in [-0.39, 0.29) is 11.3 Å². The summed E-state index contributed by atoms with van der Waals surface area (Å²) >= 11 is 0. The second-order valence-corrected chi connectivity index (χ2v) is 5.91. The third kappa shape index (κ3) is 3.25. The van der Waals surface area contributed by atoms with Crippen LogP contribution >= 0.6 is 0 Å². The van der Waals surface area contributed by atoms with Crippen molar-refractivity contribution in [2.75, 3.05) is 19.1 Å². The summed E-state index contributed by atoms with van der Waals surface area (Å²) in [6.45, 7) is 1.76. The highest BCUT2D eigenvalue weighted by molar-refractivity contribution is 6.05. The monoisotopic (exact) mass is 383 g/mol. The molecule has 0 amide bonds. The van der Waals surface area contributed by atoms with Crippen LogP contribution in [0.1, 0.15) is 5.56 Å². The molecule has 0 radical (unpaired) electrons. The summed E-state index contributed by atoms with van der Waals surface area (Å²) < 4.78 is 9.65. The van der Waals surface area contributed by atoms with Gasteiger partial charge in [0.15, 0.2) is 0 Å². The van der Waals surface area contributed by atoms with Gasteiger partial charge in [-0.3, -0.25) is 9.59 Å². The number of nitrogens with one attached hydrogen (secondary N) is 2. The zero-order valence-corrected chi connectivity index (χ0v) is 15.4. The highest BCUT2D eigenvalue weighted by atomic mass is 16.5. The van der Waals surface area contributed by atoms with Gasteiger partial charge in [-0.25, -0.2) is 9.59 Å². The number of fused-ring (bicyclic) bond motifs is 1. The molecule has 28 heavy (non-hydrogen) atoms. The average molecular weight is 383 g/mol. The summed E-state index contributed by atoms with van der Waals surface area (Å²) in [4.78, 5) is 54.4. The molecular weight excluding hydrogens is 366 g/mol. The Bertz CT molecular complexity index is 1180. The van der Waals surface area contributed by atoms with Gasteiger partial charge in [0, 0.05) is 6.20 Å². The lowest BCUT2D eigenvalue weighted by atomic mass is 10.1. The van der Waals surface area contributed by atoms with Gasteiger partial charge in [0.25, 0.3) is 0 Å². The van der Waals surface area contributed by atoms with E-state index in [1.165, 1.54) is 25.2 Å². The van der Waals surface area contributed by atoms with Gasteiger partial charge in [0.2, 0.25) is 0 Å². The summed E-state index contributed by atoms with van der Waals surface area (Å²) in [5.74, 6) is -1.45. The number of aromatic amines is 2. The Hall–Kier alpha value is -3.88. The number of hydrogen-bond acceptors (Lipinski definition) is 7. The first kappa shape index (κ1) is 18.9. The van der Waals surface area contributed by atoms with Gasteiger partial charge in [-0.05, 0) is 36.8 Å². The maximum absolute atomic E-state index is 12.5. The standard InChI is InChI=1S/C19H17N3O6/c1-10-8-12-13(21-17(24)16(23)20-12)9-14(10)22-7-5-4-6-11(18(25)27-2)15(22)19(26)28-3/h4-9H,1-3H3,(H,20,23)(H,21,24). The third-order valence-electron chi connectivity index (χ3n) is 4.19. The van der Waals surface area contributed by atoms with Gasteiger partial charge in [0.1, 0.15) is 5.70 Å². The second kappa shape index (κ2) is 7.39. The van der Waals surface area contributed by atoms with Crippen LogP contribution in [0.4, 0.5) is 5.69 Å². The van der Waals surface area contributed by atoms with Crippen LogP contribution in [0.15, 0.2) is 57.4 Å². The summed E-state index contributed by atoms with van der Waals surface area (Å²) in [5.41, 5.74) is 0.363. The highest BCUT2D eigenvalue weighted by Gasteiger charge is 2.28. The molecule has 0 saturated heterocycles. The van der Waals surface area contributed by atoms with E-state index in [1.54, 1.807) is 37.4 Å². The molecule has 0 bridgehead atoms. The molecule has 9 heteroatoms. The normalized spacial score (nSPS) is 13.6. The van der Waals surface area contributed by atoms with Crippen molar-refractivity contribution in [1.82, 2.24) is 9.97 Å². The lowest BCUT2D eigenvalue weighted by molar-refractivity contribution is -0.139. The van der Waals surface area contributed by atoms with Crippen molar-refractivity contribution in [3.63, 3.8) is 0 Å². The van der Waals surface area contributed by atoms with Gasteiger partial charge < -0.3 is 24.3 Å². The molecule has 2 aromatic rings. The zero-order chi connectivity index (χ0) is 20.4. The number of carbonyl (C=O) groups is 2. The SMILES string of the molecule is COC(=O)C1=C(C(=O)OC)N(c2cc3[nH]c(=O)c(=O)[nH]c3cc2C)C=CC=C1. The number of allylic oxidation sites excluding steroid dienone is 2. The van der Waals surface area contributed by atoms with Crippen LogP contribution in [-0.4, -0.2) is 36.1 Å². The van der Waals surface area contributed by atoms with Crippen molar-refractivity contribution < 1.29 is 19.1 Å². The smallest absolute Gasteiger partial charge is 0.355 e. The van der Waals surface area contributed by atoms with Crippen LogP contribution in [0, 0.1) is 6.92 Å². The van der Waals surface area contributed by atoms with Crippen molar-refractivity contribution in [2.24, 2.45) is 0 Å². The molecular formula is C19H17N3O6. The molecule has 1 aromatic carbocycles. The van der Waals surface area contributed by atoms with E-state index in [9.17, 15) is 19.2 Å². The highest BCUT2D eigenvalue weighted by Crippen LogP contribution is 2.30. The number of nitrogens with zero attached hydrogens (tertiary/aromatic N) is 1. The fourth-order valence-electron chi connectivity index (χ4n) is 2.87. The van der Waals surface area contributed by atoms with Gasteiger partial charge in [0.05, 0.1) is 36.5 Å². The van der Waals surface area contributed by atoms with Gasteiger partial charge in [-0.1, -0.05) is 6.08 Å². The molecule has 0 spiro atoms. The Balaban J connectivity index is 2.30. The van der Waals surface area contributed by atoms with Gasteiger partial charge in [-0.2, -0.15) is 0 Å². The fourth-order valence-corrected chi connectivity index (χ4v) is 2.87. The molecule has 0 saturated carbocycles. The van der Waals surface area contributed by atoms with Crippen molar-refractivity contribution >= 4 is 28.7 Å². The van der Waals surface area contributed by atoms with Crippen molar-refractivity contribution in [3.05, 3.63) is 74.1 Å². The lowest BCUT2D eigenvalue weighted by Crippen LogP contribution is -2.30. The Morgan fingerprint density at radius 3 is 2.14 bits per heavy atom. The van der Waals surface area contributed by atoms with Crippen LogP contribution in [0.2, 0.25) is 0 Å². The van der Waals surface area contributed by atoms with E-state index in [2.05, 4.69) is 9.97 Å². The quantitative estimate of drug-likeness (QED) is 0.599. The lowest BCUT2D eigenvalue weighted by Gasteiger charge is -2.25. The molecule has 0 unspecified atom stereocenters. The van der Waals surface area contributed by atoms with E-state index in [0.29, 0.717) is 22.3 Å². The first-order valence-electron chi connectivity index (χ1n) is 8.19. The number of H-pyrrole nitrogens is 2. The first-order chi connectivity index (χ1) is 13.4. The molecule has 144 valence electrons. The number of aromatic nitrogens is 2.